The maximum Gasteiger partial charge on any atom is 0.238 e. The zero-order valence-corrected chi connectivity index (χ0v) is 13.0. The zero-order valence-electron chi connectivity index (χ0n) is 11.4. The number of anilines is 1. The average molecular weight is 337 g/mol. The Balaban J connectivity index is 2.18. The molecule has 0 saturated carbocycles. The maximum absolute atomic E-state index is 5.73. The van der Waals surface area contributed by atoms with Crippen LogP contribution < -0.4 is 16.0 Å². The second-order valence-electron chi connectivity index (χ2n) is 4.47. The van der Waals surface area contributed by atoms with E-state index < -0.39 is 0 Å². The summed E-state index contributed by atoms with van der Waals surface area (Å²) in [4.78, 5) is 8.05. The lowest BCUT2D eigenvalue weighted by Gasteiger charge is -2.11. The van der Waals surface area contributed by atoms with Gasteiger partial charge in [0.25, 0.3) is 0 Å². The van der Waals surface area contributed by atoms with Gasteiger partial charge in [-0.1, -0.05) is 26.0 Å². The molecule has 5 nitrogen and oxygen atoms in total. The van der Waals surface area contributed by atoms with Crippen LogP contribution in [0.4, 0.5) is 5.82 Å². The van der Waals surface area contributed by atoms with Crippen molar-refractivity contribution in [3.05, 3.63) is 40.6 Å². The van der Waals surface area contributed by atoms with Gasteiger partial charge in [-0.05, 0) is 46.0 Å². The molecular weight excluding hydrogens is 320 g/mol. The summed E-state index contributed by atoms with van der Waals surface area (Å²) in [7, 11) is 0. The van der Waals surface area contributed by atoms with E-state index >= 15 is 0 Å². The molecule has 2 rings (SSSR count). The molecule has 0 amide bonds. The topological polar surface area (TPSA) is 73.1 Å². The summed E-state index contributed by atoms with van der Waals surface area (Å²) in [5, 5.41) is 0. The molecule has 1 heterocycles. The first-order chi connectivity index (χ1) is 9.65. The van der Waals surface area contributed by atoms with Crippen LogP contribution >= 0.6 is 15.9 Å². The van der Waals surface area contributed by atoms with Gasteiger partial charge in [0, 0.05) is 0 Å². The molecule has 0 saturated heterocycles. The van der Waals surface area contributed by atoms with E-state index in [0.717, 1.165) is 12.2 Å². The van der Waals surface area contributed by atoms with Crippen molar-refractivity contribution in [1.29, 1.82) is 0 Å². The summed E-state index contributed by atoms with van der Waals surface area (Å²) in [5.41, 5.74) is 3.77. The van der Waals surface area contributed by atoms with E-state index in [1.807, 2.05) is 12.1 Å². The van der Waals surface area contributed by atoms with Crippen molar-refractivity contribution in [3.63, 3.8) is 0 Å². The number of nitrogens with zero attached hydrogens (tertiary/aromatic N) is 2. The molecular formula is C14H17BrN4O. The summed E-state index contributed by atoms with van der Waals surface area (Å²) in [6, 6.07) is 8.01. The molecule has 2 aromatic rings. The van der Waals surface area contributed by atoms with Crippen LogP contribution in [0, 0.1) is 0 Å². The van der Waals surface area contributed by atoms with Crippen molar-refractivity contribution in [2.45, 2.75) is 26.2 Å². The minimum Gasteiger partial charge on any atom is -0.438 e. The lowest BCUT2D eigenvalue weighted by Crippen LogP contribution is -2.09. The Kier molecular flexibility index (Phi) is 4.92. The number of nitrogen functional groups attached to an aromatic ring is 1. The monoisotopic (exact) mass is 336 g/mol. The molecule has 0 aliphatic rings. The first kappa shape index (κ1) is 14.7. The van der Waals surface area contributed by atoms with Gasteiger partial charge in [0.05, 0.1) is 0 Å². The van der Waals surface area contributed by atoms with E-state index in [1.54, 1.807) is 0 Å². The quantitative estimate of drug-likeness (QED) is 0.641. The number of halogens is 1. The number of ether oxygens (including phenoxy) is 1. The fraction of sp³-hybridized carbons (Fsp3) is 0.286. The fourth-order valence-electron chi connectivity index (χ4n) is 1.74. The van der Waals surface area contributed by atoms with E-state index in [9.17, 15) is 0 Å². The van der Waals surface area contributed by atoms with Crippen molar-refractivity contribution in [3.8, 4) is 11.6 Å². The van der Waals surface area contributed by atoms with Gasteiger partial charge >= 0.3 is 0 Å². The number of aromatic nitrogens is 2. The number of rotatable bonds is 5. The van der Waals surface area contributed by atoms with Crippen LogP contribution in [-0.2, 0) is 0 Å². The molecule has 106 valence electrons. The highest BCUT2D eigenvalue weighted by molar-refractivity contribution is 9.10. The van der Waals surface area contributed by atoms with Crippen molar-refractivity contribution >= 4 is 21.7 Å². The number of hydrogen-bond acceptors (Lipinski definition) is 5. The highest BCUT2D eigenvalue weighted by Gasteiger charge is 2.10. The van der Waals surface area contributed by atoms with Crippen LogP contribution in [0.1, 0.15) is 31.7 Å². The van der Waals surface area contributed by atoms with Crippen molar-refractivity contribution in [2.24, 2.45) is 5.84 Å². The van der Waals surface area contributed by atoms with Crippen molar-refractivity contribution in [2.75, 3.05) is 5.43 Å². The number of benzene rings is 1. The largest absolute Gasteiger partial charge is 0.438 e. The highest BCUT2D eigenvalue weighted by atomic mass is 79.9. The number of hydrazine groups is 1. The third-order valence-corrected chi connectivity index (χ3v) is 3.89. The van der Waals surface area contributed by atoms with Crippen LogP contribution in [0.15, 0.2) is 35.1 Å². The molecule has 0 aliphatic carbocycles. The highest BCUT2D eigenvalue weighted by Crippen LogP contribution is 2.32. The zero-order chi connectivity index (χ0) is 14.5. The third-order valence-electron chi connectivity index (χ3n) is 3.17. The van der Waals surface area contributed by atoms with Gasteiger partial charge in [-0.25, -0.2) is 15.8 Å². The van der Waals surface area contributed by atoms with E-state index in [4.69, 9.17) is 10.6 Å². The van der Waals surface area contributed by atoms with Crippen LogP contribution in [-0.4, -0.2) is 9.97 Å². The molecule has 0 spiro atoms. The van der Waals surface area contributed by atoms with Gasteiger partial charge in [0.15, 0.2) is 5.82 Å². The fourth-order valence-corrected chi connectivity index (χ4v) is 2.14. The smallest absolute Gasteiger partial charge is 0.238 e. The first-order valence-electron chi connectivity index (χ1n) is 6.40. The number of nitrogens with one attached hydrogen (secondary N) is 1. The standard InChI is InChI=1S/C14H17BrN4O/c1-3-9(2)10-4-6-11(7-5-10)20-14-12(15)13(19-16)17-8-18-14/h4-9H,3,16H2,1-2H3,(H,17,18,19). The summed E-state index contributed by atoms with van der Waals surface area (Å²) in [5.74, 6) is 7.52. The summed E-state index contributed by atoms with van der Waals surface area (Å²) in [6.45, 7) is 4.38. The molecule has 6 heteroatoms. The summed E-state index contributed by atoms with van der Waals surface area (Å²) < 4.78 is 6.32. The van der Waals surface area contributed by atoms with E-state index in [2.05, 4.69) is 57.3 Å². The van der Waals surface area contributed by atoms with E-state index in [-0.39, 0.29) is 0 Å². The molecule has 3 N–H and O–H groups in total. The molecule has 0 radical (unpaired) electrons. The molecule has 1 aromatic carbocycles. The number of hydrogen-bond donors (Lipinski definition) is 2. The lowest BCUT2D eigenvalue weighted by molar-refractivity contribution is 0.458. The summed E-state index contributed by atoms with van der Waals surface area (Å²) >= 11 is 3.36. The minimum absolute atomic E-state index is 0.421. The molecule has 0 bridgehead atoms. The Bertz CT molecular complexity index is 574. The maximum atomic E-state index is 5.73. The Morgan fingerprint density at radius 2 is 2.00 bits per heavy atom. The minimum atomic E-state index is 0.421. The van der Waals surface area contributed by atoms with Crippen LogP contribution in [0.25, 0.3) is 0 Å². The normalized spacial score (nSPS) is 12.0. The van der Waals surface area contributed by atoms with Crippen molar-refractivity contribution in [1.82, 2.24) is 9.97 Å². The van der Waals surface area contributed by atoms with Gasteiger partial charge in [-0.3, -0.25) is 0 Å². The van der Waals surface area contributed by atoms with E-state index in [1.165, 1.54) is 11.9 Å². The van der Waals surface area contributed by atoms with Gasteiger partial charge in [-0.15, -0.1) is 0 Å². The second-order valence-corrected chi connectivity index (χ2v) is 5.26. The average Bonchev–Trinajstić information content (AvgIpc) is 2.49. The lowest BCUT2D eigenvalue weighted by atomic mass is 9.99. The molecule has 1 aromatic heterocycles. The Labute approximate surface area is 126 Å². The predicted octanol–water partition coefficient (Wildman–Crippen LogP) is 3.83. The van der Waals surface area contributed by atoms with Crippen LogP contribution in [0.2, 0.25) is 0 Å². The van der Waals surface area contributed by atoms with Gasteiger partial charge in [0.1, 0.15) is 16.5 Å². The predicted molar refractivity (Wildman–Crippen MR) is 82.8 cm³/mol. The van der Waals surface area contributed by atoms with Gasteiger partial charge in [0.2, 0.25) is 5.88 Å². The Hall–Kier alpha value is -1.66. The second kappa shape index (κ2) is 6.67. The molecule has 1 atom stereocenters. The first-order valence-corrected chi connectivity index (χ1v) is 7.20. The third kappa shape index (κ3) is 3.26. The molecule has 0 fully saturated rings. The summed E-state index contributed by atoms with van der Waals surface area (Å²) in [6.07, 6.45) is 2.51. The SMILES string of the molecule is CCC(C)c1ccc(Oc2ncnc(NN)c2Br)cc1. The van der Waals surface area contributed by atoms with Crippen molar-refractivity contribution < 1.29 is 4.74 Å². The molecule has 1 unspecified atom stereocenters. The van der Waals surface area contributed by atoms with Gasteiger partial charge < -0.3 is 10.2 Å². The van der Waals surface area contributed by atoms with Crippen LogP contribution in [0.3, 0.4) is 0 Å². The number of nitrogens with two attached hydrogens (primary N) is 1. The van der Waals surface area contributed by atoms with Crippen LogP contribution in [0.5, 0.6) is 11.6 Å². The van der Waals surface area contributed by atoms with Gasteiger partial charge in [-0.2, -0.15) is 0 Å². The molecule has 0 aliphatic heterocycles. The Morgan fingerprint density at radius 3 is 2.60 bits per heavy atom. The molecule has 20 heavy (non-hydrogen) atoms. The van der Waals surface area contributed by atoms with E-state index in [0.29, 0.717) is 22.1 Å². The Morgan fingerprint density at radius 1 is 1.30 bits per heavy atom.